The molecular weight excluding hydrogens is 647 g/mol. The second-order valence-electron chi connectivity index (χ2n) is 12.0. The van der Waals surface area contributed by atoms with Crippen LogP contribution in [0.15, 0.2) is 46.2 Å². The van der Waals surface area contributed by atoms with Gasteiger partial charge in [-0.1, -0.05) is 17.7 Å². The Bertz CT molecular complexity index is 1890. The normalized spacial score (nSPS) is 21.1. The minimum Gasteiger partial charge on any atom is -0.481 e. The largest absolute Gasteiger partial charge is 0.481 e. The predicted octanol–water partition coefficient (Wildman–Crippen LogP) is 4.60. The Balaban J connectivity index is 1.41. The van der Waals surface area contributed by atoms with Crippen LogP contribution in [0.3, 0.4) is 0 Å². The lowest BCUT2D eigenvalue weighted by Crippen LogP contribution is -2.47. The fourth-order valence-corrected chi connectivity index (χ4v) is 8.80. The molecule has 246 valence electrons. The Morgan fingerprint density at radius 2 is 1.93 bits per heavy atom. The van der Waals surface area contributed by atoms with E-state index in [9.17, 15) is 31.5 Å². The maximum absolute atomic E-state index is 14.3. The maximum Gasteiger partial charge on any atom is 0.452 e. The van der Waals surface area contributed by atoms with Crippen molar-refractivity contribution < 1.29 is 31.5 Å². The predicted molar refractivity (Wildman–Crippen MR) is 163 cm³/mol. The first-order chi connectivity index (χ1) is 21.7. The molecule has 2 atom stereocenters. The molecule has 0 bridgehead atoms. The van der Waals surface area contributed by atoms with Crippen molar-refractivity contribution in [3.8, 4) is 0 Å². The van der Waals surface area contributed by atoms with Gasteiger partial charge in [-0.2, -0.15) is 17.5 Å². The summed E-state index contributed by atoms with van der Waals surface area (Å²) in [6.07, 6.45) is 0.318. The number of alkyl halides is 3. The van der Waals surface area contributed by atoms with Crippen LogP contribution < -0.4 is 0 Å². The summed E-state index contributed by atoms with van der Waals surface area (Å²) < 4.78 is 71.2. The topological polar surface area (TPSA) is 124 Å². The molecule has 0 aliphatic carbocycles. The van der Waals surface area contributed by atoms with Gasteiger partial charge in [-0.25, -0.2) is 8.42 Å². The highest BCUT2D eigenvalue weighted by Crippen LogP contribution is 2.38. The number of fused-ring (bicyclic) bond motifs is 3. The van der Waals surface area contributed by atoms with Gasteiger partial charge in [0, 0.05) is 49.0 Å². The molecule has 3 aromatic heterocycles. The summed E-state index contributed by atoms with van der Waals surface area (Å²) in [5.74, 6) is -2.53. The van der Waals surface area contributed by atoms with Crippen LogP contribution in [-0.2, 0) is 27.5 Å². The van der Waals surface area contributed by atoms with Crippen molar-refractivity contribution in [2.24, 2.45) is 0 Å². The molecule has 1 saturated heterocycles. The molecule has 11 nitrogen and oxygen atoms in total. The Kier molecular flexibility index (Phi) is 8.30. The summed E-state index contributed by atoms with van der Waals surface area (Å²) in [5, 5.41) is 17.3. The zero-order valence-corrected chi connectivity index (χ0v) is 27.0. The van der Waals surface area contributed by atoms with Crippen LogP contribution in [0.4, 0.5) is 13.2 Å². The van der Waals surface area contributed by atoms with Gasteiger partial charge in [0.25, 0.3) is 0 Å². The summed E-state index contributed by atoms with van der Waals surface area (Å²) in [7, 11) is -2.18. The van der Waals surface area contributed by atoms with E-state index in [1.165, 1.54) is 22.6 Å². The van der Waals surface area contributed by atoms with Gasteiger partial charge < -0.3 is 14.9 Å². The number of hydrogen-bond donors (Lipinski definition) is 1. The number of halogens is 4. The van der Waals surface area contributed by atoms with E-state index < -0.39 is 40.3 Å². The van der Waals surface area contributed by atoms with Gasteiger partial charge in [-0.3, -0.25) is 14.2 Å². The number of aliphatic carboxylic acids is 1. The molecule has 0 spiro atoms. The van der Waals surface area contributed by atoms with Crippen molar-refractivity contribution in [1.82, 2.24) is 33.7 Å². The van der Waals surface area contributed by atoms with Gasteiger partial charge >= 0.3 is 12.1 Å². The van der Waals surface area contributed by atoms with Crippen molar-refractivity contribution in [2.75, 3.05) is 26.7 Å². The van der Waals surface area contributed by atoms with Gasteiger partial charge in [0.1, 0.15) is 10.7 Å². The smallest absolute Gasteiger partial charge is 0.452 e. The van der Waals surface area contributed by atoms with E-state index >= 15 is 0 Å². The highest BCUT2D eigenvalue weighted by Gasteiger charge is 2.43. The monoisotopic (exact) mass is 679 g/mol. The first kappa shape index (κ1) is 32.3. The van der Waals surface area contributed by atoms with Crippen molar-refractivity contribution in [2.45, 2.75) is 64.2 Å². The minimum atomic E-state index is -4.73. The molecule has 1 N–H and O–H groups in total. The molecule has 46 heavy (non-hydrogen) atoms. The molecule has 0 amide bonds. The van der Waals surface area contributed by atoms with E-state index in [0.717, 1.165) is 30.2 Å². The van der Waals surface area contributed by atoms with Crippen molar-refractivity contribution in [1.29, 1.82) is 0 Å². The molecule has 0 aromatic carbocycles. The van der Waals surface area contributed by atoms with E-state index in [2.05, 4.69) is 15.1 Å². The third-order valence-electron chi connectivity index (χ3n) is 8.97. The molecule has 16 heteroatoms. The fraction of sp³-hybridized carbons (Fsp3) is 0.467. The van der Waals surface area contributed by atoms with Gasteiger partial charge in [-0.15, -0.1) is 10.2 Å². The molecule has 0 radical (unpaired) electrons. The number of carboxylic acids is 1. The highest BCUT2D eigenvalue weighted by atomic mass is 35.5. The number of nitrogens with zero attached hydrogens (tertiary/aromatic N) is 7. The number of carboxylic acid groups (broad SMARTS) is 1. The number of allylic oxidation sites excluding steroid dienone is 1. The second kappa shape index (κ2) is 11.8. The number of likely N-dealkylation sites (N-methyl/N-ethyl adjacent to an activating group) is 1. The standard InChI is InChI=1S/C30H33ClF3N7O4S/c1-17-7-8-23(22(13-26(42)43)21-9-11-41-27(18(21)2)36-37-29(41)30(32,33)34)35-24(17)16-39-15-20-6-4-5-10-40(20)28-25(46(39,44)45)12-19(31)14-38(28)3/h7-9,11-12,20,22H,4-6,10,13-16H2,1-3H3,(H,42,43)/t20-,22+/m1/s1. The Morgan fingerprint density at radius 1 is 1.17 bits per heavy atom. The van der Waals surface area contributed by atoms with Gasteiger partial charge in [-0.05, 0) is 68.0 Å². The third-order valence-corrected chi connectivity index (χ3v) is 11.0. The molecule has 0 saturated carbocycles. The lowest BCUT2D eigenvalue weighted by Gasteiger charge is -2.42. The SMILES string of the molecule is Cc1ccc([C@@H](CC(=O)O)c2ccn3c(C(F)(F)F)nnc3c2C)nc1CN1C[C@H]2CCCCN2C2=C(C=C(Cl)CN2C)S1(=O)=O. The van der Waals surface area contributed by atoms with Crippen molar-refractivity contribution in [3.05, 3.63) is 80.1 Å². The van der Waals surface area contributed by atoms with Gasteiger partial charge in [0.2, 0.25) is 15.8 Å². The summed E-state index contributed by atoms with van der Waals surface area (Å²) in [6.45, 7) is 4.68. The number of aromatic nitrogens is 4. The minimum absolute atomic E-state index is 0.0477. The number of hydrogen-bond acceptors (Lipinski definition) is 8. The Morgan fingerprint density at radius 3 is 2.65 bits per heavy atom. The lowest BCUT2D eigenvalue weighted by atomic mass is 9.89. The van der Waals surface area contributed by atoms with E-state index in [1.807, 2.05) is 11.9 Å². The van der Waals surface area contributed by atoms with Crippen LogP contribution in [-0.4, -0.2) is 85.9 Å². The molecule has 3 aliphatic heterocycles. The van der Waals surface area contributed by atoms with Gasteiger partial charge in [0.15, 0.2) is 5.65 Å². The molecular formula is C30H33ClF3N7O4S. The van der Waals surface area contributed by atoms with Crippen LogP contribution in [0.5, 0.6) is 0 Å². The van der Waals surface area contributed by atoms with Crippen LogP contribution in [0.2, 0.25) is 0 Å². The third kappa shape index (κ3) is 5.72. The summed E-state index contributed by atoms with van der Waals surface area (Å²) >= 11 is 6.41. The molecule has 1 fully saturated rings. The zero-order valence-electron chi connectivity index (χ0n) is 25.4. The first-order valence-electron chi connectivity index (χ1n) is 14.8. The summed E-state index contributed by atoms with van der Waals surface area (Å²) in [5.41, 5.74) is 2.21. The number of pyridine rings is 2. The molecule has 0 unspecified atom stereocenters. The average Bonchev–Trinajstić information content (AvgIpc) is 3.40. The average molecular weight is 680 g/mol. The zero-order chi connectivity index (χ0) is 33.1. The van der Waals surface area contributed by atoms with Gasteiger partial charge in [0.05, 0.1) is 25.2 Å². The number of sulfonamides is 1. The van der Waals surface area contributed by atoms with E-state index in [-0.39, 0.29) is 29.7 Å². The molecule has 6 rings (SSSR count). The maximum atomic E-state index is 14.3. The van der Waals surface area contributed by atoms with E-state index in [0.29, 0.717) is 45.5 Å². The van der Waals surface area contributed by atoms with E-state index in [1.54, 1.807) is 26.0 Å². The summed E-state index contributed by atoms with van der Waals surface area (Å²) in [6, 6.07) is 4.80. The number of rotatable bonds is 6. The molecule has 3 aliphatic rings. The number of piperidine rings is 1. The second-order valence-corrected chi connectivity index (χ2v) is 14.4. The quantitative estimate of drug-likeness (QED) is 0.398. The number of carbonyl (C=O) groups is 1. The molecule has 3 aromatic rings. The van der Waals surface area contributed by atoms with Crippen LogP contribution in [0.1, 0.15) is 65.5 Å². The first-order valence-corrected chi connectivity index (χ1v) is 16.7. The Hall–Kier alpha value is -3.69. The van der Waals surface area contributed by atoms with Crippen molar-refractivity contribution in [3.63, 3.8) is 0 Å². The fourth-order valence-electron chi connectivity index (χ4n) is 6.71. The van der Waals surface area contributed by atoms with Crippen LogP contribution in [0.25, 0.3) is 5.65 Å². The van der Waals surface area contributed by atoms with E-state index in [4.69, 9.17) is 16.6 Å². The highest BCUT2D eigenvalue weighted by molar-refractivity contribution is 7.93. The Labute approximate surface area is 269 Å². The number of aryl methyl sites for hydroxylation is 2. The van der Waals surface area contributed by atoms with Crippen LogP contribution >= 0.6 is 11.6 Å². The lowest BCUT2D eigenvalue weighted by molar-refractivity contribution is -0.145. The molecule has 6 heterocycles. The van der Waals surface area contributed by atoms with Crippen LogP contribution in [0, 0.1) is 13.8 Å². The summed E-state index contributed by atoms with van der Waals surface area (Å²) in [4.78, 5) is 21.1. The van der Waals surface area contributed by atoms with Crippen molar-refractivity contribution >= 4 is 33.2 Å².